The predicted octanol–water partition coefficient (Wildman–Crippen LogP) is 3.94. The molecule has 0 aliphatic carbocycles. The number of aromatic amines is 1. The predicted molar refractivity (Wildman–Crippen MR) is 108 cm³/mol. The largest absolute Gasteiger partial charge is 0.480 e. The second kappa shape index (κ2) is 8.96. The summed E-state index contributed by atoms with van der Waals surface area (Å²) in [5.74, 6) is -0.590. The molecule has 1 aromatic carbocycles. The normalized spacial score (nSPS) is 12.0. The smallest absolute Gasteiger partial charge is 0.431 e. The number of halogens is 5. The molecule has 0 radical (unpaired) electrons. The number of hydrogen-bond donors (Lipinski definition) is 1. The van der Waals surface area contributed by atoms with Gasteiger partial charge in [0.2, 0.25) is 0 Å². The Labute approximate surface area is 184 Å². The van der Waals surface area contributed by atoms with Crippen LogP contribution in [0.3, 0.4) is 0 Å². The first-order valence-electron chi connectivity index (χ1n) is 8.84. The summed E-state index contributed by atoms with van der Waals surface area (Å²) in [5.41, 5.74) is -4.96. The number of hydrogen-bond acceptors (Lipinski definition) is 5. The van der Waals surface area contributed by atoms with E-state index in [1.165, 1.54) is 12.1 Å². The van der Waals surface area contributed by atoms with Crippen LogP contribution in [0.5, 0.6) is 5.75 Å². The fourth-order valence-corrected chi connectivity index (χ4v) is 3.03. The van der Waals surface area contributed by atoms with E-state index in [9.17, 15) is 27.6 Å². The number of benzene rings is 1. The van der Waals surface area contributed by atoms with E-state index in [-0.39, 0.29) is 21.4 Å². The highest BCUT2D eigenvalue weighted by Gasteiger charge is 2.35. The molecule has 12 heteroatoms. The SMILES string of the molecule is Cc1c(C(F)(F)F)[nH]c(=O)n(Cc2ccc(OCC(=O)OC(C)(C)C)c(Cl)c2Cl)c1=O. The number of ether oxygens (including phenoxy) is 2. The number of rotatable bonds is 5. The van der Waals surface area contributed by atoms with Crippen molar-refractivity contribution in [3.05, 3.63) is 59.8 Å². The number of H-pyrrole nitrogens is 1. The van der Waals surface area contributed by atoms with Gasteiger partial charge in [-0.3, -0.25) is 9.36 Å². The first-order valence-corrected chi connectivity index (χ1v) is 9.60. The molecule has 1 N–H and O–H groups in total. The molecule has 0 aliphatic rings. The van der Waals surface area contributed by atoms with Gasteiger partial charge in [0.15, 0.2) is 6.61 Å². The fraction of sp³-hybridized carbons (Fsp3) is 0.421. The van der Waals surface area contributed by atoms with Gasteiger partial charge in [0, 0.05) is 5.56 Å². The number of alkyl halides is 3. The lowest BCUT2D eigenvalue weighted by molar-refractivity contribution is -0.157. The monoisotopic (exact) mass is 482 g/mol. The van der Waals surface area contributed by atoms with Gasteiger partial charge in [0.1, 0.15) is 22.1 Å². The Morgan fingerprint density at radius 1 is 1.13 bits per heavy atom. The van der Waals surface area contributed by atoms with Gasteiger partial charge in [-0.25, -0.2) is 9.59 Å². The van der Waals surface area contributed by atoms with E-state index in [1.807, 2.05) is 0 Å². The molecule has 2 aromatic rings. The topological polar surface area (TPSA) is 90.4 Å². The van der Waals surface area contributed by atoms with E-state index in [0.29, 0.717) is 4.57 Å². The second-order valence-corrected chi connectivity index (χ2v) is 8.30. The van der Waals surface area contributed by atoms with Crippen LogP contribution in [0.4, 0.5) is 13.2 Å². The molecular weight excluding hydrogens is 464 g/mol. The number of nitrogens with one attached hydrogen (secondary N) is 1. The molecule has 7 nitrogen and oxygen atoms in total. The van der Waals surface area contributed by atoms with E-state index in [0.717, 1.165) is 6.92 Å². The molecule has 1 heterocycles. The number of carbonyl (C=O) groups is 1. The van der Waals surface area contributed by atoms with Gasteiger partial charge in [-0.15, -0.1) is 0 Å². The molecular formula is C19H19Cl2F3N2O5. The molecule has 0 bridgehead atoms. The first kappa shape index (κ1) is 24.8. The molecule has 0 fully saturated rings. The Kier molecular flexibility index (Phi) is 7.17. The first-order chi connectivity index (χ1) is 14.1. The Morgan fingerprint density at radius 2 is 1.74 bits per heavy atom. The lowest BCUT2D eigenvalue weighted by atomic mass is 10.2. The molecule has 0 unspecified atom stereocenters. The summed E-state index contributed by atoms with van der Waals surface area (Å²) >= 11 is 12.3. The third kappa shape index (κ3) is 6.04. The molecule has 0 atom stereocenters. The van der Waals surface area contributed by atoms with Gasteiger partial charge in [-0.1, -0.05) is 29.3 Å². The van der Waals surface area contributed by atoms with Crippen molar-refractivity contribution in [3.8, 4) is 5.75 Å². The van der Waals surface area contributed by atoms with Crippen molar-refractivity contribution in [3.63, 3.8) is 0 Å². The van der Waals surface area contributed by atoms with Crippen LogP contribution < -0.4 is 16.0 Å². The van der Waals surface area contributed by atoms with E-state index in [2.05, 4.69) is 0 Å². The van der Waals surface area contributed by atoms with Crippen molar-refractivity contribution in [1.29, 1.82) is 0 Å². The minimum atomic E-state index is -4.88. The zero-order valence-electron chi connectivity index (χ0n) is 16.9. The Hall–Kier alpha value is -2.46. The number of nitrogens with zero attached hydrogens (tertiary/aromatic N) is 1. The van der Waals surface area contributed by atoms with Gasteiger partial charge in [0.05, 0.1) is 11.6 Å². The second-order valence-electron chi connectivity index (χ2n) is 7.55. The molecule has 1 aromatic heterocycles. The number of aromatic nitrogens is 2. The highest BCUT2D eigenvalue weighted by molar-refractivity contribution is 6.43. The summed E-state index contributed by atoms with van der Waals surface area (Å²) < 4.78 is 49.8. The summed E-state index contributed by atoms with van der Waals surface area (Å²) in [7, 11) is 0. The molecule has 2 rings (SSSR count). The van der Waals surface area contributed by atoms with Crippen LogP contribution in [-0.4, -0.2) is 27.7 Å². The minimum Gasteiger partial charge on any atom is -0.480 e. The lowest BCUT2D eigenvalue weighted by Crippen LogP contribution is -2.39. The van der Waals surface area contributed by atoms with Crippen LogP contribution in [-0.2, 0) is 22.3 Å². The van der Waals surface area contributed by atoms with Crippen molar-refractivity contribution in [2.24, 2.45) is 0 Å². The van der Waals surface area contributed by atoms with Crippen LogP contribution in [0.15, 0.2) is 21.7 Å². The Balaban J connectivity index is 2.30. The van der Waals surface area contributed by atoms with Crippen LogP contribution in [0.2, 0.25) is 10.0 Å². The maximum absolute atomic E-state index is 12.9. The molecule has 0 saturated carbocycles. The zero-order valence-corrected chi connectivity index (χ0v) is 18.5. The molecule has 0 spiro atoms. The van der Waals surface area contributed by atoms with Crippen LogP contribution >= 0.6 is 23.2 Å². The highest BCUT2D eigenvalue weighted by Crippen LogP contribution is 2.35. The fourth-order valence-electron chi connectivity index (χ4n) is 2.58. The van der Waals surface area contributed by atoms with Gasteiger partial charge >= 0.3 is 17.8 Å². The third-order valence-electron chi connectivity index (χ3n) is 3.92. The van der Waals surface area contributed by atoms with E-state index >= 15 is 0 Å². The van der Waals surface area contributed by atoms with Crippen molar-refractivity contribution in [2.75, 3.05) is 6.61 Å². The molecule has 0 aliphatic heterocycles. The number of carbonyl (C=O) groups excluding carboxylic acids is 1. The van der Waals surface area contributed by atoms with Crippen molar-refractivity contribution in [2.45, 2.75) is 46.0 Å². The summed E-state index contributed by atoms with van der Waals surface area (Å²) in [4.78, 5) is 37.8. The van der Waals surface area contributed by atoms with E-state index < -0.39 is 53.4 Å². The van der Waals surface area contributed by atoms with Crippen LogP contribution in [0, 0.1) is 6.92 Å². The molecule has 31 heavy (non-hydrogen) atoms. The standard InChI is InChI=1S/C19H19Cl2F3N2O5/c1-9-15(19(22,23)24)25-17(29)26(16(9)28)7-10-5-6-11(14(21)13(10)20)30-8-12(27)31-18(2,3)4/h5-6H,7-8H2,1-4H3,(H,25,29). The lowest BCUT2D eigenvalue weighted by Gasteiger charge is -2.19. The van der Waals surface area contributed by atoms with Crippen molar-refractivity contribution in [1.82, 2.24) is 9.55 Å². The molecule has 0 saturated heterocycles. The van der Waals surface area contributed by atoms with Gasteiger partial charge in [-0.2, -0.15) is 13.2 Å². The zero-order chi connectivity index (χ0) is 23.7. The Morgan fingerprint density at radius 3 is 2.29 bits per heavy atom. The van der Waals surface area contributed by atoms with Gasteiger partial charge in [0.25, 0.3) is 5.56 Å². The molecule has 0 amide bonds. The van der Waals surface area contributed by atoms with Crippen LogP contribution in [0.1, 0.15) is 37.6 Å². The van der Waals surface area contributed by atoms with Gasteiger partial charge < -0.3 is 14.5 Å². The molecule has 170 valence electrons. The summed E-state index contributed by atoms with van der Waals surface area (Å²) in [6.45, 7) is 5.16. The quantitative estimate of drug-likeness (QED) is 0.651. The third-order valence-corrected chi connectivity index (χ3v) is 4.83. The maximum atomic E-state index is 12.9. The van der Waals surface area contributed by atoms with Crippen LogP contribution in [0.25, 0.3) is 0 Å². The summed E-state index contributed by atoms with van der Waals surface area (Å²) in [6.07, 6.45) is -4.88. The summed E-state index contributed by atoms with van der Waals surface area (Å²) in [5, 5.41) is -0.192. The average molecular weight is 483 g/mol. The van der Waals surface area contributed by atoms with E-state index in [1.54, 1.807) is 25.8 Å². The Bertz CT molecular complexity index is 1120. The van der Waals surface area contributed by atoms with Crippen molar-refractivity contribution >= 4 is 29.2 Å². The minimum absolute atomic E-state index is 0.0473. The average Bonchev–Trinajstić information content (AvgIpc) is 2.62. The number of esters is 1. The highest BCUT2D eigenvalue weighted by atomic mass is 35.5. The van der Waals surface area contributed by atoms with Gasteiger partial charge in [-0.05, 0) is 39.3 Å². The maximum Gasteiger partial charge on any atom is 0.431 e. The van der Waals surface area contributed by atoms with E-state index in [4.69, 9.17) is 32.7 Å². The summed E-state index contributed by atoms with van der Waals surface area (Å²) in [6, 6.07) is 2.72. The van der Waals surface area contributed by atoms with Crippen molar-refractivity contribution < 1.29 is 27.4 Å².